The third-order valence-corrected chi connectivity index (χ3v) is 2.73. The molecule has 108 valence electrons. The van der Waals surface area contributed by atoms with Gasteiger partial charge < -0.3 is 10.5 Å². The van der Waals surface area contributed by atoms with Crippen LogP contribution in [-0.2, 0) is 9.63 Å². The molecule has 2 aromatic rings. The van der Waals surface area contributed by atoms with Gasteiger partial charge in [-0.3, -0.25) is 15.1 Å². The van der Waals surface area contributed by atoms with Crippen molar-refractivity contribution in [1.82, 2.24) is 5.48 Å². The quantitative estimate of drug-likeness (QED) is 0.631. The van der Waals surface area contributed by atoms with E-state index in [0.717, 1.165) is 0 Å². The zero-order valence-electron chi connectivity index (χ0n) is 11.6. The molecule has 5 nitrogen and oxygen atoms in total. The topological polar surface area (TPSA) is 73.6 Å². The van der Waals surface area contributed by atoms with Gasteiger partial charge in [-0.05, 0) is 18.2 Å². The van der Waals surface area contributed by atoms with Gasteiger partial charge in [-0.15, -0.1) is 0 Å². The molecule has 2 rings (SSSR count). The maximum atomic E-state index is 11.6. The van der Waals surface area contributed by atoms with Crippen LogP contribution in [0.15, 0.2) is 60.8 Å². The molecule has 0 radical (unpaired) electrons. The van der Waals surface area contributed by atoms with Crippen LogP contribution in [0.25, 0.3) is 5.57 Å². The normalized spacial score (nSPS) is 11.0. The van der Waals surface area contributed by atoms with E-state index in [2.05, 4.69) is 5.48 Å². The number of nitrogens with two attached hydrogens (primary N) is 1. The van der Waals surface area contributed by atoms with Crippen molar-refractivity contribution in [2.45, 2.75) is 0 Å². The van der Waals surface area contributed by atoms with E-state index in [4.69, 9.17) is 15.3 Å². The molecule has 0 aliphatic rings. The zero-order chi connectivity index (χ0) is 15.1. The Morgan fingerprint density at radius 2 is 1.76 bits per heavy atom. The average molecular weight is 284 g/mol. The minimum Gasteiger partial charge on any atom is -0.457 e. The Kier molecular flexibility index (Phi) is 4.95. The number of para-hydroxylation sites is 2. The standard InChI is InChI=1S/C16H16N2O3/c1-20-18-11-14(16(17)19)13-9-5-6-10-15(13)21-12-7-3-2-4-8-12/h2-11,18H,1H3,(H2,17,19). The molecule has 0 bridgehead atoms. The molecule has 0 atom stereocenters. The Labute approximate surface area is 122 Å². The summed E-state index contributed by atoms with van der Waals surface area (Å²) in [4.78, 5) is 16.3. The van der Waals surface area contributed by atoms with Crippen LogP contribution < -0.4 is 16.0 Å². The van der Waals surface area contributed by atoms with E-state index in [9.17, 15) is 4.79 Å². The number of nitrogens with one attached hydrogen (secondary N) is 1. The Hall–Kier alpha value is -2.79. The van der Waals surface area contributed by atoms with Crippen LogP contribution >= 0.6 is 0 Å². The van der Waals surface area contributed by atoms with E-state index in [1.807, 2.05) is 36.4 Å². The lowest BCUT2D eigenvalue weighted by Crippen LogP contribution is -2.16. The highest BCUT2D eigenvalue weighted by Gasteiger charge is 2.14. The molecule has 0 saturated carbocycles. The van der Waals surface area contributed by atoms with Crippen molar-refractivity contribution in [2.24, 2.45) is 5.73 Å². The maximum Gasteiger partial charge on any atom is 0.251 e. The first-order valence-electron chi connectivity index (χ1n) is 6.33. The van der Waals surface area contributed by atoms with Crippen molar-refractivity contribution < 1.29 is 14.4 Å². The lowest BCUT2D eigenvalue weighted by Gasteiger charge is -2.12. The molecule has 2 aromatic carbocycles. The number of hydroxylamine groups is 1. The van der Waals surface area contributed by atoms with Crippen molar-refractivity contribution in [3.63, 3.8) is 0 Å². The summed E-state index contributed by atoms with van der Waals surface area (Å²) in [6, 6.07) is 16.5. The maximum absolute atomic E-state index is 11.6. The van der Waals surface area contributed by atoms with E-state index in [-0.39, 0.29) is 5.57 Å². The lowest BCUT2D eigenvalue weighted by molar-refractivity contribution is -0.112. The van der Waals surface area contributed by atoms with Gasteiger partial charge in [0.1, 0.15) is 11.5 Å². The SMILES string of the molecule is CONC=C(C(N)=O)c1ccccc1Oc1ccccc1. The van der Waals surface area contributed by atoms with E-state index >= 15 is 0 Å². The highest BCUT2D eigenvalue weighted by molar-refractivity contribution is 6.19. The first kappa shape index (κ1) is 14.6. The Bertz CT molecular complexity index is 639. The first-order valence-corrected chi connectivity index (χ1v) is 6.33. The minimum atomic E-state index is -0.580. The van der Waals surface area contributed by atoms with Gasteiger partial charge in [0.05, 0.1) is 12.7 Å². The predicted molar refractivity (Wildman–Crippen MR) is 80.3 cm³/mol. The molecular formula is C16H16N2O3. The second kappa shape index (κ2) is 7.12. The molecule has 0 heterocycles. The first-order chi connectivity index (χ1) is 10.2. The van der Waals surface area contributed by atoms with Crippen molar-refractivity contribution in [2.75, 3.05) is 7.11 Å². The van der Waals surface area contributed by atoms with Crippen molar-refractivity contribution in [3.05, 3.63) is 66.4 Å². The van der Waals surface area contributed by atoms with Gasteiger partial charge in [0.25, 0.3) is 5.91 Å². The molecule has 0 saturated heterocycles. The van der Waals surface area contributed by atoms with Gasteiger partial charge in [-0.2, -0.15) is 0 Å². The molecule has 0 fully saturated rings. The number of carbonyl (C=O) groups is 1. The van der Waals surface area contributed by atoms with Crippen LogP contribution in [0.3, 0.4) is 0 Å². The summed E-state index contributed by atoms with van der Waals surface area (Å²) < 4.78 is 5.80. The number of primary amides is 1. The summed E-state index contributed by atoms with van der Waals surface area (Å²) in [6.45, 7) is 0. The van der Waals surface area contributed by atoms with Gasteiger partial charge in [-0.1, -0.05) is 36.4 Å². The van der Waals surface area contributed by atoms with Crippen LogP contribution in [-0.4, -0.2) is 13.0 Å². The molecule has 0 aliphatic heterocycles. The fourth-order valence-corrected chi connectivity index (χ4v) is 1.79. The number of rotatable bonds is 6. The highest BCUT2D eigenvalue weighted by atomic mass is 16.6. The zero-order valence-corrected chi connectivity index (χ0v) is 11.6. The minimum absolute atomic E-state index is 0.267. The summed E-state index contributed by atoms with van der Waals surface area (Å²) in [5.74, 6) is 0.629. The summed E-state index contributed by atoms with van der Waals surface area (Å²) in [5.41, 5.74) is 8.76. The predicted octanol–water partition coefficient (Wildman–Crippen LogP) is 2.46. The van der Waals surface area contributed by atoms with Crippen molar-refractivity contribution in [1.29, 1.82) is 0 Å². The van der Waals surface area contributed by atoms with Crippen LogP contribution in [0, 0.1) is 0 Å². The van der Waals surface area contributed by atoms with Gasteiger partial charge >= 0.3 is 0 Å². The number of amides is 1. The molecule has 0 unspecified atom stereocenters. The largest absolute Gasteiger partial charge is 0.457 e. The lowest BCUT2D eigenvalue weighted by atomic mass is 10.1. The van der Waals surface area contributed by atoms with E-state index < -0.39 is 5.91 Å². The van der Waals surface area contributed by atoms with E-state index in [1.54, 1.807) is 18.2 Å². The number of hydrogen-bond donors (Lipinski definition) is 2. The van der Waals surface area contributed by atoms with Crippen LogP contribution in [0.2, 0.25) is 0 Å². The Balaban J connectivity index is 2.37. The third-order valence-electron chi connectivity index (χ3n) is 2.73. The van der Waals surface area contributed by atoms with Crippen LogP contribution in [0.5, 0.6) is 11.5 Å². The number of benzene rings is 2. The Morgan fingerprint density at radius 3 is 2.43 bits per heavy atom. The molecular weight excluding hydrogens is 268 g/mol. The number of hydrogen-bond acceptors (Lipinski definition) is 4. The summed E-state index contributed by atoms with van der Waals surface area (Å²) in [5, 5.41) is 0. The van der Waals surface area contributed by atoms with E-state index in [0.29, 0.717) is 17.1 Å². The summed E-state index contributed by atoms with van der Waals surface area (Å²) in [6.07, 6.45) is 1.40. The molecule has 0 aliphatic carbocycles. The highest BCUT2D eigenvalue weighted by Crippen LogP contribution is 2.29. The van der Waals surface area contributed by atoms with Crippen LogP contribution in [0.4, 0.5) is 0 Å². The average Bonchev–Trinajstić information content (AvgIpc) is 2.50. The fraction of sp³-hybridized carbons (Fsp3) is 0.0625. The van der Waals surface area contributed by atoms with E-state index in [1.165, 1.54) is 13.3 Å². The molecule has 1 amide bonds. The molecule has 0 aromatic heterocycles. The van der Waals surface area contributed by atoms with Crippen molar-refractivity contribution >= 4 is 11.5 Å². The summed E-state index contributed by atoms with van der Waals surface area (Å²) in [7, 11) is 1.45. The monoisotopic (exact) mass is 284 g/mol. The van der Waals surface area contributed by atoms with Gasteiger partial charge in [0, 0.05) is 11.8 Å². The Morgan fingerprint density at radius 1 is 1.10 bits per heavy atom. The second-order valence-electron chi connectivity index (χ2n) is 4.16. The van der Waals surface area contributed by atoms with Gasteiger partial charge in [0.2, 0.25) is 0 Å². The smallest absolute Gasteiger partial charge is 0.251 e. The number of ether oxygens (including phenoxy) is 1. The molecule has 3 N–H and O–H groups in total. The van der Waals surface area contributed by atoms with Crippen molar-refractivity contribution in [3.8, 4) is 11.5 Å². The molecule has 21 heavy (non-hydrogen) atoms. The third kappa shape index (κ3) is 3.84. The number of carbonyl (C=O) groups excluding carboxylic acids is 1. The van der Waals surface area contributed by atoms with Gasteiger partial charge in [-0.25, -0.2) is 0 Å². The van der Waals surface area contributed by atoms with Gasteiger partial charge in [0.15, 0.2) is 0 Å². The molecule has 5 heteroatoms. The second-order valence-corrected chi connectivity index (χ2v) is 4.16. The molecule has 0 spiro atoms. The fourth-order valence-electron chi connectivity index (χ4n) is 1.79. The van der Waals surface area contributed by atoms with Crippen LogP contribution in [0.1, 0.15) is 5.56 Å². The summed E-state index contributed by atoms with van der Waals surface area (Å²) >= 11 is 0.